The molecular formula is C31H34F3N3O3. The van der Waals surface area contributed by atoms with Crippen LogP contribution in [0.1, 0.15) is 86.1 Å². The molecule has 1 heterocycles. The van der Waals surface area contributed by atoms with Gasteiger partial charge in [-0.3, -0.25) is 9.78 Å². The molecule has 9 heteroatoms. The minimum Gasteiger partial charge on any atom is -0.444 e. The van der Waals surface area contributed by atoms with Crippen molar-refractivity contribution >= 4 is 12.0 Å². The van der Waals surface area contributed by atoms with Gasteiger partial charge >= 0.3 is 12.3 Å². The third-order valence-electron chi connectivity index (χ3n) is 7.03. The molecule has 4 rings (SSSR count). The number of pyridine rings is 1. The standard InChI is InChI=1S/C31H34F3N3O3/c1-19(37-27(38)23-14-25(18-35-16-23)30(5)12-13-30)20-6-8-21(9-7-20)26-15-24(31(32,33)34)11-10-22(26)17-36-28(39)40-29(2,3)4/h6-11,14-16,18-19H,12-13,17H2,1-5H3,(H,36,39)(H,37,38)/t19-/m1/s1. The molecule has 0 saturated heterocycles. The average molecular weight is 554 g/mol. The Hall–Kier alpha value is -3.88. The Morgan fingerprint density at radius 2 is 1.70 bits per heavy atom. The van der Waals surface area contributed by atoms with E-state index in [4.69, 9.17) is 4.74 Å². The summed E-state index contributed by atoms with van der Waals surface area (Å²) in [5, 5.41) is 5.59. The highest BCUT2D eigenvalue weighted by atomic mass is 19.4. The van der Waals surface area contributed by atoms with E-state index in [0.717, 1.165) is 36.1 Å². The summed E-state index contributed by atoms with van der Waals surface area (Å²) in [5.74, 6) is -0.247. The largest absolute Gasteiger partial charge is 0.444 e. The van der Waals surface area contributed by atoms with Crippen molar-refractivity contribution in [3.8, 4) is 11.1 Å². The second-order valence-electron chi connectivity index (χ2n) is 11.6. The van der Waals surface area contributed by atoms with Crippen LogP contribution in [0.15, 0.2) is 60.9 Å². The molecule has 0 bridgehead atoms. The second kappa shape index (κ2) is 10.9. The summed E-state index contributed by atoms with van der Waals surface area (Å²) in [6.45, 7) is 9.16. The highest BCUT2D eigenvalue weighted by Gasteiger charge is 2.39. The Balaban J connectivity index is 1.51. The SMILES string of the molecule is C[C@@H](NC(=O)c1cncc(C2(C)CC2)c1)c1ccc(-c2cc(C(F)(F)F)ccc2CNC(=O)OC(C)(C)C)cc1. The van der Waals surface area contributed by atoms with Crippen LogP contribution in [-0.2, 0) is 22.9 Å². The first-order valence-corrected chi connectivity index (χ1v) is 13.2. The lowest BCUT2D eigenvalue weighted by Crippen LogP contribution is -2.32. The van der Waals surface area contributed by atoms with Gasteiger partial charge in [0.25, 0.3) is 5.91 Å². The summed E-state index contributed by atoms with van der Waals surface area (Å²) in [4.78, 5) is 29.3. The van der Waals surface area contributed by atoms with E-state index >= 15 is 0 Å². The number of amides is 2. The number of halogens is 3. The summed E-state index contributed by atoms with van der Waals surface area (Å²) < 4.78 is 45.8. The molecule has 2 amide bonds. The predicted molar refractivity (Wildman–Crippen MR) is 147 cm³/mol. The maximum atomic E-state index is 13.5. The Labute approximate surface area is 232 Å². The smallest absolute Gasteiger partial charge is 0.416 e. The maximum absolute atomic E-state index is 13.5. The van der Waals surface area contributed by atoms with Gasteiger partial charge in [-0.05, 0) is 92.0 Å². The van der Waals surface area contributed by atoms with E-state index in [-0.39, 0.29) is 23.9 Å². The van der Waals surface area contributed by atoms with E-state index in [1.165, 1.54) is 6.07 Å². The van der Waals surface area contributed by atoms with E-state index < -0.39 is 23.4 Å². The van der Waals surface area contributed by atoms with Crippen molar-refractivity contribution in [2.45, 2.75) is 77.2 Å². The summed E-state index contributed by atoms with van der Waals surface area (Å²) in [6, 6.07) is 11.9. The number of hydrogen-bond acceptors (Lipinski definition) is 4. The van der Waals surface area contributed by atoms with Crippen molar-refractivity contribution in [2.24, 2.45) is 0 Å². The number of carbonyl (C=O) groups excluding carboxylic acids is 2. The van der Waals surface area contributed by atoms with E-state index in [2.05, 4.69) is 22.5 Å². The number of benzene rings is 2. The zero-order valence-corrected chi connectivity index (χ0v) is 23.3. The fourth-order valence-corrected chi connectivity index (χ4v) is 4.34. The molecule has 0 radical (unpaired) electrons. The Kier molecular flexibility index (Phi) is 7.97. The van der Waals surface area contributed by atoms with Gasteiger partial charge in [0.2, 0.25) is 0 Å². The van der Waals surface area contributed by atoms with Crippen LogP contribution in [-0.4, -0.2) is 22.6 Å². The lowest BCUT2D eigenvalue weighted by atomic mass is 9.95. The van der Waals surface area contributed by atoms with Crippen molar-refractivity contribution in [2.75, 3.05) is 0 Å². The highest BCUT2D eigenvalue weighted by molar-refractivity contribution is 5.94. The number of carbonyl (C=O) groups is 2. The van der Waals surface area contributed by atoms with E-state index in [1.54, 1.807) is 57.4 Å². The number of alkyl carbamates (subject to hydrolysis) is 1. The molecule has 1 saturated carbocycles. The minimum atomic E-state index is -4.52. The van der Waals surface area contributed by atoms with Crippen LogP contribution in [0.2, 0.25) is 0 Å². The van der Waals surface area contributed by atoms with Gasteiger partial charge in [-0.25, -0.2) is 4.79 Å². The molecular weight excluding hydrogens is 519 g/mol. The van der Waals surface area contributed by atoms with Crippen molar-refractivity contribution in [3.63, 3.8) is 0 Å². The molecule has 2 aromatic carbocycles. The molecule has 2 N–H and O–H groups in total. The van der Waals surface area contributed by atoms with Crippen LogP contribution in [0.5, 0.6) is 0 Å². The van der Waals surface area contributed by atoms with Gasteiger partial charge in [0, 0.05) is 18.9 Å². The van der Waals surface area contributed by atoms with Crippen LogP contribution in [0, 0.1) is 0 Å². The van der Waals surface area contributed by atoms with Crippen LogP contribution in [0.4, 0.5) is 18.0 Å². The molecule has 1 aromatic heterocycles. The number of nitrogens with one attached hydrogen (secondary N) is 2. The Morgan fingerprint density at radius 1 is 1.02 bits per heavy atom. The van der Waals surface area contributed by atoms with Gasteiger partial charge in [0.1, 0.15) is 5.60 Å². The van der Waals surface area contributed by atoms with E-state index in [0.29, 0.717) is 22.3 Å². The number of alkyl halides is 3. The fraction of sp³-hybridized carbons (Fsp3) is 0.387. The summed E-state index contributed by atoms with van der Waals surface area (Å²) >= 11 is 0. The average Bonchev–Trinajstić information content (AvgIpc) is 3.64. The third-order valence-corrected chi connectivity index (χ3v) is 7.03. The van der Waals surface area contributed by atoms with Gasteiger partial charge < -0.3 is 15.4 Å². The van der Waals surface area contributed by atoms with Gasteiger partial charge in [0.15, 0.2) is 0 Å². The molecule has 0 unspecified atom stereocenters. The van der Waals surface area contributed by atoms with Gasteiger partial charge in [0.05, 0.1) is 17.2 Å². The van der Waals surface area contributed by atoms with Crippen LogP contribution >= 0.6 is 0 Å². The second-order valence-corrected chi connectivity index (χ2v) is 11.6. The van der Waals surface area contributed by atoms with Crippen LogP contribution in [0.25, 0.3) is 11.1 Å². The molecule has 1 fully saturated rings. The molecule has 6 nitrogen and oxygen atoms in total. The number of ether oxygens (including phenoxy) is 1. The summed E-state index contributed by atoms with van der Waals surface area (Å²) in [6.07, 6.45) is 0.316. The van der Waals surface area contributed by atoms with Crippen molar-refractivity contribution in [1.82, 2.24) is 15.6 Å². The normalized spacial score (nSPS) is 15.2. The zero-order valence-electron chi connectivity index (χ0n) is 23.3. The van der Waals surface area contributed by atoms with Crippen LogP contribution < -0.4 is 10.6 Å². The number of nitrogens with zero attached hydrogens (tertiary/aromatic N) is 1. The first kappa shape index (κ1) is 29.1. The Morgan fingerprint density at radius 3 is 2.30 bits per heavy atom. The fourth-order valence-electron chi connectivity index (χ4n) is 4.34. The molecule has 40 heavy (non-hydrogen) atoms. The monoisotopic (exact) mass is 553 g/mol. The lowest BCUT2D eigenvalue weighted by Gasteiger charge is -2.20. The van der Waals surface area contributed by atoms with Crippen molar-refractivity contribution < 1.29 is 27.5 Å². The van der Waals surface area contributed by atoms with Crippen molar-refractivity contribution in [1.29, 1.82) is 0 Å². The van der Waals surface area contributed by atoms with Gasteiger partial charge in [-0.1, -0.05) is 37.3 Å². The Bertz CT molecular complexity index is 1390. The third kappa shape index (κ3) is 7.20. The lowest BCUT2D eigenvalue weighted by molar-refractivity contribution is -0.137. The molecule has 3 aromatic rings. The molecule has 1 aliphatic rings. The number of hydrogen-bond donors (Lipinski definition) is 2. The first-order chi connectivity index (χ1) is 18.6. The predicted octanol–water partition coefficient (Wildman–Crippen LogP) is 7.33. The summed E-state index contributed by atoms with van der Waals surface area (Å²) in [5.41, 5.74) is 2.31. The first-order valence-electron chi connectivity index (χ1n) is 13.2. The minimum absolute atomic E-state index is 0.0112. The maximum Gasteiger partial charge on any atom is 0.416 e. The van der Waals surface area contributed by atoms with Gasteiger partial charge in [-0.2, -0.15) is 13.2 Å². The number of aromatic nitrogens is 1. The molecule has 1 aliphatic carbocycles. The van der Waals surface area contributed by atoms with Crippen LogP contribution in [0.3, 0.4) is 0 Å². The molecule has 0 aliphatic heterocycles. The van der Waals surface area contributed by atoms with Crippen molar-refractivity contribution in [3.05, 3.63) is 88.7 Å². The quantitative estimate of drug-likeness (QED) is 0.321. The van der Waals surface area contributed by atoms with E-state index in [9.17, 15) is 22.8 Å². The molecule has 212 valence electrons. The van der Waals surface area contributed by atoms with Gasteiger partial charge in [-0.15, -0.1) is 0 Å². The van der Waals surface area contributed by atoms with E-state index in [1.807, 2.05) is 13.0 Å². The molecule has 1 atom stereocenters. The topological polar surface area (TPSA) is 80.3 Å². The highest BCUT2D eigenvalue weighted by Crippen LogP contribution is 2.47. The number of rotatable bonds is 7. The zero-order chi connectivity index (χ0) is 29.3. The molecule has 0 spiro atoms. The summed E-state index contributed by atoms with van der Waals surface area (Å²) in [7, 11) is 0.